The molecule has 23 heavy (non-hydrogen) atoms. The van der Waals surface area contributed by atoms with Crippen molar-refractivity contribution in [3.63, 3.8) is 0 Å². The van der Waals surface area contributed by atoms with Gasteiger partial charge in [-0.3, -0.25) is 4.98 Å². The van der Waals surface area contributed by atoms with Crippen molar-refractivity contribution in [2.75, 3.05) is 0 Å². The summed E-state index contributed by atoms with van der Waals surface area (Å²) in [6.07, 6.45) is 5.37. The van der Waals surface area contributed by atoms with Crippen LogP contribution in [0, 0.1) is 6.23 Å². The molecule has 0 spiro atoms. The predicted octanol–water partition coefficient (Wildman–Crippen LogP) is 3.78. The van der Waals surface area contributed by atoms with Crippen LogP contribution in [-0.2, 0) is 0 Å². The summed E-state index contributed by atoms with van der Waals surface area (Å²) >= 11 is 7.47. The van der Waals surface area contributed by atoms with Crippen molar-refractivity contribution in [3.05, 3.63) is 77.3 Å². The Bertz CT molecular complexity index is 964. The Morgan fingerprint density at radius 1 is 1.30 bits per heavy atom. The van der Waals surface area contributed by atoms with Gasteiger partial charge in [-0.15, -0.1) is 6.07 Å². The SMILES string of the molecule is O[C-](c1c[s+][c-](-c2cccnc2)n1)[n+]1ccc2cc(Cl)cc[c-]21. The lowest BCUT2D eigenvalue weighted by Gasteiger charge is -2.15. The third kappa shape index (κ3) is 2.59. The number of hydrogen-bond acceptors (Lipinski definition) is 3. The number of thiazole rings is 1. The van der Waals surface area contributed by atoms with Crippen molar-refractivity contribution >= 4 is 33.8 Å². The van der Waals surface area contributed by atoms with E-state index in [1.807, 2.05) is 35.7 Å². The van der Waals surface area contributed by atoms with Crippen molar-refractivity contribution < 1.29 is 9.67 Å². The number of fused-ring (bicyclic) bond motifs is 1. The number of pyridine rings is 1. The molecule has 0 aliphatic carbocycles. The minimum absolute atomic E-state index is 0.0914. The van der Waals surface area contributed by atoms with E-state index in [4.69, 9.17) is 11.6 Å². The molecule has 4 rings (SSSR count). The second kappa shape index (κ2) is 5.70. The Hall–Kier alpha value is -2.34. The summed E-state index contributed by atoms with van der Waals surface area (Å²) in [6.45, 7) is 0. The molecule has 3 heterocycles. The third-order valence-electron chi connectivity index (χ3n) is 3.52. The zero-order valence-corrected chi connectivity index (χ0v) is 13.4. The van der Waals surface area contributed by atoms with Crippen LogP contribution in [0.2, 0.25) is 5.02 Å². The summed E-state index contributed by atoms with van der Waals surface area (Å²) in [7, 11) is 0. The van der Waals surface area contributed by atoms with E-state index in [0.29, 0.717) is 10.7 Å². The van der Waals surface area contributed by atoms with Crippen LogP contribution in [0.25, 0.3) is 21.5 Å². The molecule has 0 amide bonds. The number of hydrogen-bond donors (Lipinski definition) is 1. The molecule has 0 aliphatic rings. The van der Waals surface area contributed by atoms with Gasteiger partial charge in [0.05, 0.1) is 5.52 Å². The molecule has 6 heteroatoms. The Morgan fingerprint density at radius 3 is 3.04 bits per heavy atom. The molecule has 0 unspecified atom stereocenters. The second-order valence-corrected chi connectivity index (χ2v) is 6.29. The van der Waals surface area contributed by atoms with Gasteiger partial charge < -0.3 is 14.7 Å². The fourth-order valence-electron chi connectivity index (χ4n) is 2.42. The quantitative estimate of drug-likeness (QED) is 0.351. The van der Waals surface area contributed by atoms with Crippen LogP contribution in [0.1, 0.15) is 5.69 Å². The molecule has 4 nitrogen and oxygen atoms in total. The zero-order valence-electron chi connectivity index (χ0n) is 11.8. The normalized spacial score (nSPS) is 11.0. The van der Waals surface area contributed by atoms with Crippen LogP contribution in [-0.4, -0.2) is 15.1 Å². The van der Waals surface area contributed by atoms with Crippen LogP contribution in [0.15, 0.2) is 60.4 Å². The Morgan fingerprint density at radius 2 is 2.22 bits per heavy atom. The predicted molar refractivity (Wildman–Crippen MR) is 89.8 cm³/mol. The lowest BCUT2D eigenvalue weighted by molar-refractivity contribution is -0.652. The van der Waals surface area contributed by atoms with E-state index in [2.05, 4.69) is 9.97 Å². The number of nitrogens with zero attached hydrogens (tertiary/aromatic N) is 3. The molecule has 0 bridgehead atoms. The first-order valence-electron chi connectivity index (χ1n) is 6.91. The maximum absolute atomic E-state index is 10.6. The highest BCUT2D eigenvalue weighted by atomic mass is 35.5. The lowest BCUT2D eigenvalue weighted by atomic mass is 10.2. The van der Waals surface area contributed by atoms with E-state index in [-0.39, 0.29) is 6.23 Å². The van der Waals surface area contributed by atoms with Gasteiger partial charge in [-0.2, -0.15) is 0 Å². The number of aromatic nitrogens is 3. The van der Waals surface area contributed by atoms with Gasteiger partial charge in [0.2, 0.25) is 5.01 Å². The second-order valence-electron chi connectivity index (χ2n) is 4.99. The van der Waals surface area contributed by atoms with Crippen molar-refractivity contribution in [2.24, 2.45) is 0 Å². The summed E-state index contributed by atoms with van der Waals surface area (Å²) in [4.78, 5) is 8.60. The Kier molecular flexibility index (Phi) is 3.53. The molecule has 0 fully saturated rings. The zero-order chi connectivity index (χ0) is 15.8. The van der Waals surface area contributed by atoms with Gasteiger partial charge in [-0.25, -0.2) is 0 Å². The minimum atomic E-state index is 0.0914. The van der Waals surface area contributed by atoms with E-state index in [0.717, 1.165) is 21.5 Å². The van der Waals surface area contributed by atoms with Crippen molar-refractivity contribution in [1.29, 1.82) is 0 Å². The molecule has 0 atom stereocenters. The van der Waals surface area contributed by atoms with E-state index in [1.54, 1.807) is 29.2 Å². The van der Waals surface area contributed by atoms with Crippen LogP contribution < -0.4 is 4.57 Å². The Balaban J connectivity index is 1.71. The van der Waals surface area contributed by atoms with Gasteiger partial charge >= 0.3 is 0 Å². The van der Waals surface area contributed by atoms with Crippen LogP contribution in [0.3, 0.4) is 0 Å². The van der Waals surface area contributed by atoms with Gasteiger partial charge in [0.25, 0.3) is 0 Å². The topological polar surface area (TPSA) is 49.9 Å². The smallest absolute Gasteiger partial charge is 0.249 e. The van der Waals surface area contributed by atoms with Crippen LogP contribution >= 0.6 is 22.9 Å². The van der Waals surface area contributed by atoms with Gasteiger partial charge in [-0.1, -0.05) is 35.9 Å². The fourth-order valence-corrected chi connectivity index (χ4v) is 3.39. The molecule has 3 aromatic heterocycles. The molecule has 4 aromatic rings. The molecule has 0 saturated heterocycles. The average molecular weight is 341 g/mol. The first-order valence-corrected chi connectivity index (χ1v) is 8.17. The number of rotatable bonds is 3. The van der Waals surface area contributed by atoms with Crippen molar-refractivity contribution in [2.45, 2.75) is 0 Å². The minimum Gasteiger partial charge on any atom is -0.404 e. The molecule has 0 radical (unpaired) electrons. The lowest BCUT2D eigenvalue weighted by Crippen LogP contribution is -2.39. The van der Waals surface area contributed by atoms with Gasteiger partial charge in [0, 0.05) is 23.1 Å². The summed E-state index contributed by atoms with van der Waals surface area (Å²) in [5, 5.41) is 14.9. The largest absolute Gasteiger partial charge is 0.404 e. The summed E-state index contributed by atoms with van der Waals surface area (Å²) in [5.41, 5.74) is 2.34. The van der Waals surface area contributed by atoms with E-state index < -0.39 is 0 Å². The molecule has 1 N–H and O–H groups in total. The molecule has 114 valence electrons. The monoisotopic (exact) mass is 340 g/mol. The van der Waals surface area contributed by atoms with Crippen molar-refractivity contribution in [1.82, 2.24) is 9.97 Å². The molecule has 0 aliphatic heterocycles. The Labute approximate surface area is 141 Å². The number of aliphatic hydroxyl groups excluding tert-OH is 1. The van der Waals surface area contributed by atoms with Crippen molar-refractivity contribution in [3.8, 4) is 10.6 Å². The number of benzene rings is 1. The van der Waals surface area contributed by atoms with Gasteiger partial charge in [0.15, 0.2) is 11.3 Å². The standard InChI is InChI=1S/C17H11ClN3OS/c18-13-3-4-15-11(8-13)5-7-21(15)17(22)14-10-23-16(20-14)12-2-1-6-19-9-12/h1-10,22H/q-1. The number of aliphatic hydroxyl groups is 1. The van der Waals surface area contributed by atoms with Gasteiger partial charge in [-0.05, 0) is 23.2 Å². The third-order valence-corrected chi connectivity index (χ3v) is 4.65. The molecular weight excluding hydrogens is 330 g/mol. The maximum Gasteiger partial charge on any atom is 0.249 e. The van der Waals surface area contributed by atoms with Crippen LogP contribution in [0.5, 0.6) is 0 Å². The first-order chi connectivity index (χ1) is 11.2. The van der Waals surface area contributed by atoms with E-state index >= 15 is 0 Å². The summed E-state index contributed by atoms with van der Waals surface area (Å²) in [5.74, 6) is 0. The van der Waals surface area contributed by atoms with Gasteiger partial charge in [0.1, 0.15) is 11.6 Å². The van der Waals surface area contributed by atoms with E-state index in [9.17, 15) is 5.11 Å². The highest BCUT2D eigenvalue weighted by Gasteiger charge is 2.16. The van der Waals surface area contributed by atoms with E-state index in [1.165, 1.54) is 11.3 Å². The number of halogens is 1. The molecule has 0 saturated carbocycles. The maximum atomic E-state index is 10.6. The average Bonchev–Trinajstić information content (AvgIpc) is 3.22. The molecule has 1 aromatic carbocycles. The fraction of sp³-hybridized carbons (Fsp3) is 0. The summed E-state index contributed by atoms with van der Waals surface area (Å²) < 4.78 is 1.70. The highest BCUT2D eigenvalue weighted by molar-refractivity contribution is 7.13. The summed E-state index contributed by atoms with van der Waals surface area (Å²) in [6, 6.07) is 11.3. The first kappa shape index (κ1) is 14.3. The molecular formula is C17H11ClN3OS-. The highest BCUT2D eigenvalue weighted by Crippen LogP contribution is 2.25. The van der Waals surface area contributed by atoms with Crippen LogP contribution in [0.4, 0.5) is 0 Å².